The molecular formula is C11H13N5O2S. The van der Waals surface area contributed by atoms with Crippen molar-refractivity contribution in [3.63, 3.8) is 0 Å². The summed E-state index contributed by atoms with van der Waals surface area (Å²) in [6, 6.07) is 1.74. The molecule has 100 valence electrons. The largest absolute Gasteiger partial charge is 0.463 e. The van der Waals surface area contributed by atoms with Gasteiger partial charge in [-0.1, -0.05) is 5.16 Å². The third kappa shape index (κ3) is 3.38. The molecule has 0 fully saturated rings. The molecule has 0 aromatic carbocycles. The predicted octanol–water partition coefficient (Wildman–Crippen LogP) is 0.958. The van der Waals surface area contributed by atoms with Crippen molar-refractivity contribution in [3.05, 3.63) is 34.0 Å². The molecule has 3 N–H and O–H groups in total. The van der Waals surface area contributed by atoms with Gasteiger partial charge in [0.15, 0.2) is 5.84 Å². The molecule has 0 radical (unpaired) electrons. The van der Waals surface area contributed by atoms with E-state index in [9.17, 15) is 0 Å². The molecule has 0 atom stereocenters. The van der Waals surface area contributed by atoms with Crippen molar-refractivity contribution < 1.29 is 9.94 Å². The Balaban J connectivity index is 1.95. The van der Waals surface area contributed by atoms with E-state index in [1.54, 1.807) is 16.8 Å². The third-order valence-electron chi connectivity index (χ3n) is 2.41. The average Bonchev–Trinajstić information content (AvgIpc) is 2.84. The van der Waals surface area contributed by atoms with Gasteiger partial charge in [0.2, 0.25) is 0 Å². The smallest absolute Gasteiger partial charge is 0.317 e. The second kappa shape index (κ2) is 6.10. The van der Waals surface area contributed by atoms with Crippen LogP contribution in [-0.2, 0) is 6.42 Å². The summed E-state index contributed by atoms with van der Waals surface area (Å²) in [6.45, 7) is 2.41. The van der Waals surface area contributed by atoms with Crippen LogP contribution >= 0.6 is 11.3 Å². The minimum Gasteiger partial charge on any atom is -0.463 e. The Hall–Kier alpha value is -2.22. The van der Waals surface area contributed by atoms with Crippen molar-refractivity contribution in [2.45, 2.75) is 13.3 Å². The summed E-state index contributed by atoms with van der Waals surface area (Å²) >= 11 is 1.59. The summed E-state index contributed by atoms with van der Waals surface area (Å²) in [4.78, 5) is 13.3. The van der Waals surface area contributed by atoms with Crippen LogP contribution in [0.15, 0.2) is 22.9 Å². The molecule has 0 spiro atoms. The highest BCUT2D eigenvalue weighted by atomic mass is 32.1. The zero-order valence-corrected chi connectivity index (χ0v) is 11.1. The van der Waals surface area contributed by atoms with E-state index in [0.717, 1.165) is 12.1 Å². The molecule has 0 unspecified atom stereocenters. The first-order valence-corrected chi connectivity index (χ1v) is 6.41. The van der Waals surface area contributed by atoms with Crippen LogP contribution in [0.25, 0.3) is 0 Å². The molecule has 0 saturated carbocycles. The molecule has 2 rings (SSSR count). The quantitative estimate of drug-likeness (QED) is 0.365. The van der Waals surface area contributed by atoms with Crippen LogP contribution in [0.2, 0.25) is 0 Å². The monoisotopic (exact) mass is 279 g/mol. The van der Waals surface area contributed by atoms with Gasteiger partial charge in [0, 0.05) is 17.5 Å². The van der Waals surface area contributed by atoms with E-state index in [1.807, 2.05) is 6.92 Å². The maximum atomic E-state index is 8.57. The molecule has 0 aliphatic carbocycles. The lowest BCUT2D eigenvalue weighted by molar-refractivity contribution is 0.296. The first kappa shape index (κ1) is 13.2. The molecule has 0 aliphatic rings. The second-order valence-electron chi connectivity index (χ2n) is 3.67. The van der Waals surface area contributed by atoms with Crippen molar-refractivity contribution >= 4 is 17.2 Å². The van der Waals surface area contributed by atoms with Crippen LogP contribution in [-0.4, -0.2) is 32.6 Å². The number of thiazole rings is 1. The number of aromatic nitrogens is 3. The number of nitrogens with zero attached hydrogens (tertiary/aromatic N) is 4. The van der Waals surface area contributed by atoms with E-state index in [0.29, 0.717) is 12.3 Å². The SMILES string of the molecule is Cc1ncsc1CCOc1nccc(/C(N)=N/O)n1. The molecule has 19 heavy (non-hydrogen) atoms. The Labute approximate surface area is 113 Å². The molecule has 2 aromatic rings. The highest BCUT2D eigenvalue weighted by molar-refractivity contribution is 7.09. The maximum Gasteiger partial charge on any atom is 0.317 e. The number of rotatable bonds is 5. The van der Waals surface area contributed by atoms with Crippen molar-refractivity contribution in [2.24, 2.45) is 10.9 Å². The zero-order chi connectivity index (χ0) is 13.7. The number of ether oxygens (including phenoxy) is 1. The highest BCUT2D eigenvalue weighted by Crippen LogP contribution is 2.13. The molecule has 0 amide bonds. The first-order valence-electron chi connectivity index (χ1n) is 5.53. The number of hydrogen-bond acceptors (Lipinski definition) is 7. The molecule has 7 nitrogen and oxygen atoms in total. The van der Waals surface area contributed by atoms with Crippen molar-refractivity contribution in [1.29, 1.82) is 0 Å². The Morgan fingerprint density at radius 2 is 2.37 bits per heavy atom. The lowest BCUT2D eigenvalue weighted by Gasteiger charge is -2.04. The first-order chi connectivity index (χ1) is 9.20. The molecule has 0 aliphatic heterocycles. The Morgan fingerprint density at radius 3 is 3.05 bits per heavy atom. The van der Waals surface area contributed by atoms with Crippen LogP contribution in [0.3, 0.4) is 0 Å². The maximum absolute atomic E-state index is 8.57. The van der Waals surface area contributed by atoms with E-state index in [-0.39, 0.29) is 11.8 Å². The van der Waals surface area contributed by atoms with Gasteiger partial charge in [0.25, 0.3) is 0 Å². The summed E-state index contributed by atoms with van der Waals surface area (Å²) in [6.07, 6.45) is 2.24. The van der Waals surface area contributed by atoms with Gasteiger partial charge in [-0.15, -0.1) is 11.3 Å². The van der Waals surface area contributed by atoms with Gasteiger partial charge >= 0.3 is 6.01 Å². The molecule has 2 aromatic heterocycles. The highest BCUT2D eigenvalue weighted by Gasteiger charge is 2.06. The molecule has 8 heteroatoms. The van der Waals surface area contributed by atoms with E-state index < -0.39 is 0 Å². The van der Waals surface area contributed by atoms with E-state index in [1.165, 1.54) is 17.1 Å². The van der Waals surface area contributed by atoms with Crippen LogP contribution in [0.5, 0.6) is 6.01 Å². The second-order valence-corrected chi connectivity index (χ2v) is 4.61. The summed E-state index contributed by atoms with van der Waals surface area (Å²) < 4.78 is 5.43. The Kier molecular flexibility index (Phi) is 4.24. The minimum atomic E-state index is -0.0782. The van der Waals surface area contributed by atoms with Gasteiger partial charge in [0.1, 0.15) is 5.69 Å². The summed E-state index contributed by atoms with van der Waals surface area (Å²) in [7, 11) is 0. The number of nitrogens with two attached hydrogens (primary N) is 1. The fraction of sp³-hybridized carbons (Fsp3) is 0.273. The van der Waals surface area contributed by atoms with Crippen LogP contribution < -0.4 is 10.5 Å². The zero-order valence-electron chi connectivity index (χ0n) is 10.3. The van der Waals surface area contributed by atoms with Crippen molar-refractivity contribution in [1.82, 2.24) is 15.0 Å². The Bertz CT molecular complexity index is 584. The standard InChI is InChI=1S/C11H13N5O2S/c1-7-9(19-6-14-7)3-5-18-11-13-4-2-8(15-11)10(12)16-17/h2,4,6,17H,3,5H2,1H3,(H2,12,16). The molecule has 0 bridgehead atoms. The molecular weight excluding hydrogens is 266 g/mol. The van der Waals surface area contributed by atoms with Crippen LogP contribution in [0, 0.1) is 6.92 Å². The normalized spacial score (nSPS) is 11.5. The van der Waals surface area contributed by atoms with Gasteiger partial charge in [-0.3, -0.25) is 0 Å². The van der Waals surface area contributed by atoms with Gasteiger partial charge in [-0.25, -0.2) is 9.97 Å². The van der Waals surface area contributed by atoms with Gasteiger partial charge in [-0.05, 0) is 13.0 Å². The van der Waals surface area contributed by atoms with E-state index in [4.69, 9.17) is 15.7 Å². The molecule has 2 heterocycles. The number of hydrogen-bond donors (Lipinski definition) is 2. The van der Waals surface area contributed by atoms with Crippen molar-refractivity contribution in [2.75, 3.05) is 6.61 Å². The number of aryl methyl sites for hydroxylation is 1. The lowest BCUT2D eigenvalue weighted by atomic mass is 10.3. The molecule has 0 saturated heterocycles. The predicted molar refractivity (Wildman–Crippen MR) is 70.6 cm³/mol. The van der Waals surface area contributed by atoms with Crippen molar-refractivity contribution in [3.8, 4) is 6.01 Å². The van der Waals surface area contributed by atoms with Crippen LogP contribution in [0.4, 0.5) is 0 Å². The van der Waals surface area contributed by atoms with Gasteiger partial charge < -0.3 is 15.7 Å². The van der Waals surface area contributed by atoms with E-state index >= 15 is 0 Å². The summed E-state index contributed by atoms with van der Waals surface area (Å²) in [5.41, 5.74) is 8.58. The van der Waals surface area contributed by atoms with Gasteiger partial charge in [-0.2, -0.15) is 4.98 Å². The summed E-state index contributed by atoms with van der Waals surface area (Å²) in [5, 5.41) is 11.4. The fourth-order valence-corrected chi connectivity index (χ4v) is 2.17. The Morgan fingerprint density at radius 1 is 1.53 bits per heavy atom. The summed E-state index contributed by atoms with van der Waals surface area (Å²) in [5.74, 6) is -0.0782. The average molecular weight is 279 g/mol. The number of oxime groups is 1. The number of amidine groups is 1. The fourth-order valence-electron chi connectivity index (χ4n) is 1.41. The minimum absolute atomic E-state index is 0.0782. The lowest BCUT2D eigenvalue weighted by Crippen LogP contribution is -2.16. The third-order valence-corrected chi connectivity index (χ3v) is 3.40. The van der Waals surface area contributed by atoms with E-state index in [2.05, 4.69) is 20.1 Å². The topological polar surface area (TPSA) is 107 Å². The van der Waals surface area contributed by atoms with Gasteiger partial charge in [0.05, 0.1) is 17.8 Å². The van der Waals surface area contributed by atoms with Crippen LogP contribution in [0.1, 0.15) is 16.3 Å².